The average molecular weight is 236 g/mol. The Balaban J connectivity index is 2.56. The van der Waals surface area contributed by atoms with Gasteiger partial charge in [0, 0.05) is 29.1 Å². The van der Waals surface area contributed by atoms with E-state index >= 15 is 0 Å². The minimum absolute atomic E-state index is 0.266. The molecule has 1 aromatic carbocycles. The highest BCUT2D eigenvalue weighted by Gasteiger charge is 2.09. The summed E-state index contributed by atoms with van der Waals surface area (Å²) in [6.07, 6.45) is 3.12. The molecule has 0 aliphatic heterocycles. The number of rotatable bonds is 2. The van der Waals surface area contributed by atoms with Crippen LogP contribution < -0.4 is 0 Å². The summed E-state index contributed by atoms with van der Waals surface area (Å²) < 4.78 is 13.5. The molecule has 2 nitrogen and oxygen atoms in total. The number of carbonyl (C=O) groups excluding carboxylic acids is 1. The number of hydrogen-bond acceptors (Lipinski definition) is 2. The van der Waals surface area contributed by atoms with Crippen LogP contribution in [0.2, 0.25) is 0 Å². The van der Waals surface area contributed by atoms with Gasteiger partial charge in [0.15, 0.2) is 0 Å². The van der Waals surface area contributed by atoms with Crippen LogP contribution >= 0.6 is 11.6 Å². The van der Waals surface area contributed by atoms with Gasteiger partial charge in [-0.1, -0.05) is 6.07 Å². The molecule has 0 amide bonds. The van der Waals surface area contributed by atoms with E-state index < -0.39 is 11.1 Å². The van der Waals surface area contributed by atoms with Crippen LogP contribution in [-0.2, 0) is 0 Å². The monoisotopic (exact) mass is 235 g/mol. The molecule has 0 saturated heterocycles. The number of hydrogen-bond donors (Lipinski definition) is 0. The summed E-state index contributed by atoms with van der Waals surface area (Å²) >= 11 is 5.34. The van der Waals surface area contributed by atoms with Crippen molar-refractivity contribution < 1.29 is 9.18 Å². The van der Waals surface area contributed by atoms with Crippen molar-refractivity contribution in [1.82, 2.24) is 4.98 Å². The second-order valence-electron chi connectivity index (χ2n) is 3.21. The van der Waals surface area contributed by atoms with Crippen LogP contribution in [-0.4, -0.2) is 10.2 Å². The minimum Gasteiger partial charge on any atom is -0.276 e. The molecule has 0 spiro atoms. The molecule has 0 N–H and O–H groups in total. The zero-order valence-electron chi connectivity index (χ0n) is 8.15. The first-order valence-electron chi connectivity index (χ1n) is 4.58. The number of halogens is 2. The molecule has 0 bridgehead atoms. The lowest BCUT2D eigenvalue weighted by atomic mass is 10.0. The van der Waals surface area contributed by atoms with Gasteiger partial charge in [-0.25, -0.2) is 4.39 Å². The van der Waals surface area contributed by atoms with Crippen molar-refractivity contribution in [3.05, 3.63) is 54.1 Å². The van der Waals surface area contributed by atoms with Crippen LogP contribution in [0.5, 0.6) is 0 Å². The van der Waals surface area contributed by atoms with Crippen molar-refractivity contribution in [2.45, 2.75) is 0 Å². The van der Waals surface area contributed by atoms with E-state index in [-0.39, 0.29) is 5.56 Å². The summed E-state index contributed by atoms with van der Waals surface area (Å²) in [7, 11) is 0. The van der Waals surface area contributed by atoms with E-state index in [1.165, 1.54) is 24.4 Å². The Morgan fingerprint density at radius 1 is 1.31 bits per heavy atom. The normalized spacial score (nSPS) is 10.1. The zero-order valence-corrected chi connectivity index (χ0v) is 8.91. The third-order valence-electron chi connectivity index (χ3n) is 2.17. The molecule has 2 rings (SSSR count). The Morgan fingerprint density at radius 2 is 2.12 bits per heavy atom. The fourth-order valence-corrected chi connectivity index (χ4v) is 1.51. The fourth-order valence-electron chi connectivity index (χ4n) is 1.39. The van der Waals surface area contributed by atoms with E-state index in [2.05, 4.69) is 4.98 Å². The van der Waals surface area contributed by atoms with Crippen molar-refractivity contribution >= 4 is 16.8 Å². The SMILES string of the molecule is O=C(Cl)c1ccc(F)c(-c2cccnc2)c1. The molecule has 0 unspecified atom stereocenters. The molecule has 0 aliphatic carbocycles. The molecule has 80 valence electrons. The van der Waals surface area contributed by atoms with E-state index in [1.807, 2.05) is 0 Å². The predicted molar refractivity (Wildman–Crippen MR) is 59.8 cm³/mol. The summed E-state index contributed by atoms with van der Waals surface area (Å²) in [4.78, 5) is 14.9. The highest BCUT2D eigenvalue weighted by molar-refractivity contribution is 6.67. The highest BCUT2D eigenvalue weighted by atomic mass is 35.5. The maximum atomic E-state index is 13.5. The van der Waals surface area contributed by atoms with Crippen LogP contribution in [0.1, 0.15) is 10.4 Å². The fraction of sp³-hybridized carbons (Fsp3) is 0. The lowest BCUT2D eigenvalue weighted by molar-refractivity contribution is 0.108. The van der Waals surface area contributed by atoms with Crippen LogP contribution in [0.15, 0.2) is 42.7 Å². The Labute approximate surface area is 96.7 Å². The third kappa shape index (κ3) is 2.09. The van der Waals surface area contributed by atoms with Crippen molar-refractivity contribution in [3.63, 3.8) is 0 Å². The molecule has 2 aromatic rings. The average Bonchev–Trinajstić information content (AvgIpc) is 2.30. The molecular weight excluding hydrogens is 229 g/mol. The van der Waals surface area contributed by atoms with Gasteiger partial charge < -0.3 is 0 Å². The van der Waals surface area contributed by atoms with E-state index in [9.17, 15) is 9.18 Å². The van der Waals surface area contributed by atoms with E-state index in [0.717, 1.165) is 0 Å². The van der Waals surface area contributed by atoms with Gasteiger partial charge in [-0.3, -0.25) is 9.78 Å². The number of pyridine rings is 1. The molecule has 0 aliphatic rings. The Morgan fingerprint density at radius 3 is 2.75 bits per heavy atom. The maximum absolute atomic E-state index is 13.5. The smallest absolute Gasteiger partial charge is 0.252 e. The van der Waals surface area contributed by atoms with Gasteiger partial charge in [-0.2, -0.15) is 0 Å². The van der Waals surface area contributed by atoms with Crippen molar-refractivity contribution in [3.8, 4) is 11.1 Å². The first-order chi connectivity index (χ1) is 7.68. The van der Waals surface area contributed by atoms with Crippen LogP contribution in [0, 0.1) is 5.82 Å². The highest BCUT2D eigenvalue weighted by Crippen LogP contribution is 2.23. The topological polar surface area (TPSA) is 30.0 Å². The molecule has 4 heteroatoms. The Hall–Kier alpha value is -1.74. The van der Waals surface area contributed by atoms with Crippen molar-refractivity contribution in [2.24, 2.45) is 0 Å². The first kappa shape index (κ1) is 10.8. The van der Waals surface area contributed by atoms with Gasteiger partial charge in [0.1, 0.15) is 5.82 Å². The molecule has 0 radical (unpaired) electrons. The summed E-state index contributed by atoms with van der Waals surface area (Å²) in [6.45, 7) is 0. The number of carbonyl (C=O) groups is 1. The van der Waals surface area contributed by atoms with Crippen LogP contribution in [0.3, 0.4) is 0 Å². The molecule has 1 aromatic heterocycles. The summed E-state index contributed by atoms with van der Waals surface area (Å²) in [5.41, 5.74) is 1.20. The summed E-state index contributed by atoms with van der Waals surface area (Å²) in [6, 6.07) is 7.40. The summed E-state index contributed by atoms with van der Waals surface area (Å²) in [5, 5.41) is -0.606. The van der Waals surface area contributed by atoms with Crippen LogP contribution in [0.25, 0.3) is 11.1 Å². The van der Waals surface area contributed by atoms with Gasteiger partial charge in [-0.15, -0.1) is 0 Å². The molecule has 0 saturated carbocycles. The summed E-state index contributed by atoms with van der Waals surface area (Å²) in [5.74, 6) is -0.408. The van der Waals surface area contributed by atoms with Gasteiger partial charge in [0.05, 0.1) is 0 Å². The van der Waals surface area contributed by atoms with E-state index in [1.54, 1.807) is 18.3 Å². The number of benzene rings is 1. The third-order valence-corrected chi connectivity index (χ3v) is 2.38. The lowest BCUT2D eigenvalue weighted by Gasteiger charge is -2.04. The van der Waals surface area contributed by atoms with Gasteiger partial charge in [-0.05, 0) is 35.9 Å². The standard InChI is InChI=1S/C12H7ClFNO/c13-12(16)8-3-4-11(14)10(6-8)9-2-1-5-15-7-9/h1-7H. The van der Waals surface area contributed by atoms with Gasteiger partial charge >= 0.3 is 0 Å². The van der Waals surface area contributed by atoms with Gasteiger partial charge in [0.25, 0.3) is 5.24 Å². The number of aromatic nitrogens is 1. The molecule has 1 heterocycles. The van der Waals surface area contributed by atoms with E-state index in [4.69, 9.17) is 11.6 Å². The maximum Gasteiger partial charge on any atom is 0.252 e. The van der Waals surface area contributed by atoms with Crippen molar-refractivity contribution in [2.75, 3.05) is 0 Å². The zero-order chi connectivity index (χ0) is 11.5. The van der Waals surface area contributed by atoms with Crippen LogP contribution in [0.4, 0.5) is 4.39 Å². The first-order valence-corrected chi connectivity index (χ1v) is 4.96. The molecule has 0 atom stereocenters. The number of nitrogens with zero attached hydrogens (tertiary/aromatic N) is 1. The Kier molecular flexibility index (Phi) is 2.97. The largest absolute Gasteiger partial charge is 0.276 e. The predicted octanol–water partition coefficient (Wildman–Crippen LogP) is 3.27. The molecule has 16 heavy (non-hydrogen) atoms. The molecular formula is C12H7ClFNO. The van der Waals surface area contributed by atoms with Gasteiger partial charge in [0.2, 0.25) is 0 Å². The second-order valence-corrected chi connectivity index (χ2v) is 3.55. The lowest BCUT2D eigenvalue weighted by Crippen LogP contribution is -1.92. The quantitative estimate of drug-likeness (QED) is 0.748. The van der Waals surface area contributed by atoms with Crippen molar-refractivity contribution in [1.29, 1.82) is 0 Å². The second kappa shape index (κ2) is 4.41. The minimum atomic E-state index is -0.606. The molecule has 0 fully saturated rings. The van der Waals surface area contributed by atoms with E-state index in [0.29, 0.717) is 11.1 Å². The Bertz CT molecular complexity index is 528.